The van der Waals surface area contributed by atoms with Crippen LogP contribution in [0.15, 0.2) is 53.8 Å². The lowest BCUT2D eigenvalue weighted by Gasteiger charge is -2.29. The van der Waals surface area contributed by atoms with E-state index in [1.807, 2.05) is 0 Å². The second-order valence-electron chi connectivity index (χ2n) is 7.61. The van der Waals surface area contributed by atoms with Gasteiger partial charge in [0.25, 0.3) is 5.91 Å². The minimum Gasteiger partial charge on any atom is -0.508 e. The molecule has 0 fully saturated rings. The van der Waals surface area contributed by atoms with E-state index in [9.17, 15) is 28.6 Å². The van der Waals surface area contributed by atoms with E-state index in [0.717, 1.165) is 23.1 Å². The van der Waals surface area contributed by atoms with E-state index in [1.165, 1.54) is 24.3 Å². The monoisotopic (exact) mass is 387 g/mol. The normalized spacial score (nSPS) is 17.4. The van der Waals surface area contributed by atoms with Gasteiger partial charge < -0.3 is 10.2 Å². The van der Waals surface area contributed by atoms with Gasteiger partial charge in [-0.3, -0.25) is 14.5 Å². The minimum atomic E-state index is -1.17. The Bertz CT molecular complexity index is 990. The van der Waals surface area contributed by atoms with Crippen LogP contribution in [0.1, 0.15) is 32.4 Å². The average molecular weight is 387 g/mol. The molecule has 0 saturated carbocycles. The number of amides is 1. The summed E-state index contributed by atoms with van der Waals surface area (Å²) < 4.78 is 28.2. The number of carbonyl (C=O) groups excluding carboxylic acids is 2. The standard InChI is InChI=1S/C21H19F2NO4/c1-21(2,3)19(27)16-17(11-4-7-13(25)8-5-11)24(20(28)18(16)26)15-10-12(22)6-9-14(15)23/h4-10,17,25-26H,1-3H3. The molecule has 7 heteroatoms. The van der Waals surface area contributed by atoms with Crippen molar-refractivity contribution < 1.29 is 28.6 Å². The number of phenols is 1. The first-order valence-corrected chi connectivity index (χ1v) is 8.58. The van der Waals surface area contributed by atoms with E-state index in [-0.39, 0.29) is 11.3 Å². The number of hydrogen-bond acceptors (Lipinski definition) is 4. The van der Waals surface area contributed by atoms with Crippen molar-refractivity contribution in [1.29, 1.82) is 0 Å². The highest BCUT2D eigenvalue weighted by atomic mass is 19.1. The highest BCUT2D eigenvalue weighted by Crippen LogP contribution is 2.44. The number of Topliss-reactive ketones (excluding diaryl/α,β-unsaturated/α-hetero) is 1. The number of rotatable bonds is 3. The Morgan fingerprint density at radius 2 is 1.64 bits per heavy atom. The van der Waals surface area contributed by atoms with Gasteiger partial charge in [0, 0.05) is 11.5 Å². The van der Waals surface area contributed by atoms with Gasteiger partial charge in [0.1, 0.15) is 17.4 Å². The van der Waals surface area contributed by atoms with Crippen molar-refractivity contribution in [2.24, 2.45) is 5.41 Å². The van der Waals surface area contributed by atoms with Gasteiger partial charge in [-0.1, -0.05) is 32.9 Å². The van der Waals surface area contributed by atoms with Crippen LogP contribution in [-0.4, -0.2) is 21.9 Å². The lowest BCUT2D eigenvalue weighted by atomic mass is 9.82. The molecule has 28 heavy (non-hydrogen) atoms. The molecule has 0 bridgehead atoms. The first kappa shape index (κ1) is 19.5. The summed E-state index contributed by atoms with van der Waals surface area (Å²) in [4.78, 5) is 26.6. The van der Waals surface area contributed by atoms with E-state index < -0.39 is 46.2 Å². The number of phenolic OH excluding ortho intramolecular Hbond substituents is 1. The number of halogens is 2. The number of aliphatic hydroxyl groups is 1. The Balaban J connectivity index is 2.25. The Hall–Kier alpha value is -3.22. The molecule has 1 aliphatic heterocycles. The first-order valence-electron chi connectivity index (χ1n) is 8.58. The molecule has 0 saturated heterocycles. The van der Waals surface area contributed by atoms with Crippen molar-refractivity contribution in [3.05, 3.63) is 71.0 Å². The number of carbonyl (C=O) groups is 2. The maximum Gasteiger partial charge on any atom is 0.294 e. The molecule has 1 atom stereocenters. The number of benzene rings is 2. The van der Waals surface area contributed by atoms with Crippen LogP contribution in [0.3, 0.4) is 0 Å². The third-order valence-electron chi connectivity index (χ3n) is 4.51. The smallest absolute Gasteiger partial charge is 0.294 e. The molecule has 1 aliphatic rings. The summed E-state index contributed by atoms with van der Waals surface area (Å²) in [6.45, 7) is 4.87. The van der Waals surface area contributed by atoms with Crippen molar-refractivity contribution in [3.8, 4) is 5.75 Å². The molecule has 3 rings (SSSR count). The summed E-state index contributed by atoms with van der Waals surface area (Å²) in [6.07, 6.45) is 0. The quantitative estimate of drug-likeness (QED) is 0.828. The van der Waals surface area contributed by atoms with Crippen LogP contribution in [0.4, 0.5) is 14.5 Å². The fourth-order valence-corrected chi connectivity index (χ4v) is 3.13. The third kappa shape index (κ3) is 3.24. The van der Waals surface area contributed by atoms with Crippen LogP contribution in [0.2, 0.25) is 0 Å². The Kier molecular flexibility index (Phi) is 4.71. The van der Waals surface area contributed by atoms with E-state index in [0.29, 0.717) is 5.56 Å². The van der Waals surface area contributed by atoms with Crippen LogP contribution < -0.4 is 4.90 Å². The van der Waals surface area contributed by atoms with Crippen LogP contribution in [0, 0.1) is 17.0 Å². The van der Waals surface area contributed by atoms with Crippen LogP contribution in [0.25, 0.3) is 0 Å². The lowest BCUT2D eigenvalue weighted by molar-refractivity contribution is -0.123. The zero-order valence-electron chi connectivity index (χ0n) is 15.5. The van der Waals surface area contributed by atoms with Crippen molar-refractivity contribution in [2.75, 3.05) is 4.90 Å². The number of hydrogen-bond donors (Lipinski definition) is 2. The maximum atomic E-state index is 14.5. The molecule has 1 heterocycles. The molecule has 0 spiro atoms. The number of aliphatic hydroxyl groups excluding tert-OH is 1. The third-order valence-corrected chi connectivity index (χ3v) is 4.51. The Morgan fingerprint density at radius 3 is 2.21 bits per heavy atom. The van der Waals surface area contributed by atoms with E-state index in [2.05, 4.69) is 0 Å². The molecule has 2 N–H and O–H groups in total. The van der Waals surface area contributed by atoms with Crippen LogP contribution in [0.5, 0.6) is 5.75 Å². The van der Waals surface area contributed by atoms with Crippen molar-refractivity contribution in [2.45, 2.75) is 26.8 Å². The molecule has 5 nitrogen and oxygen atoms in total. The second-order valence-corrected chi connectivity index (χ2v) is 7.61. The number of nitrogens with zero attached hydrogens (tertiary/aromatic N) is 1. The van der Waals surface area contributed by atoms with Gasteiger partial charge in [0.2, 0.25) is 0 Å². The summed E-state index contributed by atoms with van der Waals surface area (Å²) in [6, 6.07) is 7.02. The predicted molar refractivity (Wildman–Crippen MR) is 98.8 cm³/mol. The predicted octanol–water partition coefficient (Wildman–Crippen LogP) is 4.19. The van der Waals surface area contributed by atoms with E-state index >= 15 is 0 Å². The molecule has 146 valence electrons. The number of anilines is 1. The number of aromatic hydroxyl groups is 1. The molecule has 0 aliphatic carbocycles. The van der Waals surface area contributed by atoms with Crippen molar-refractivity contribution in [3.63, 3.8) is 0 Å². The first-order chi connectivity index (χ1) is 13.0. The number of ketones is 1. The lowest BCUT2D eigenvalue weighted by Crippen LogP contribution is -2.33. The fourth-order valence-electron chi connectivity index (χ4n) is 3.13. The van der Waals surface area contributed by atoms with Gasteiger partial charge in [-0.2, -0.15) is 0 Å². The van der Waals surface area contributed by atoms with E-state index in [1.54, 1.807) is 20.8 Å². The zero-order valence-corrected chi connectivity index (χ0v) is 15.5. The van der Waals surface area contributed by atoms with Gasteiger partial charge in [0.05, 0.1) is 17.3 Å². The molecule has 0 radical (unpaired) electrons. The minimum absolute atomic E-state index is 0.0477. The molecule has 2 aromatic rings. The SMILES string of the molecule is CC(C)(C)C(=O)C1=C(O)C(=O)N(c2cc(F)ccc2F)C1c1ccc(O)cc1. The summed E-state index contributed by atoms with van der Waals surface area (Å²) in [5.74, 6) is -4.01. The van der Waals surface area contributed by atoms with Gasteiger partial charge in [0.15, 0.2) is 11.5 Å². The molecular weight excluding hydrogens is 368 g/mol. The van der Waals surface area contributed by atoms with Gasteiger partial charge in [-0.15, -0.1) is 0 Å². The zero-order chi connectivity index (χ0) is 20.8. The van der Waals surface area contributed by atoms with Gasteiger partial charge in [-0.05, 0) is 29.8 Å². The topological polar surface area (TPSA) is 77.8 Å². The molecule has 1 unspecified atom stereocenters. The van der Waals surface area contributed by atoms with Gasteiger partial charge >= 0.3 is 0 Å². The maximum absolute atomic E-state index is 14.5. The second kappa shape index (κ2) is 6.74. The average Bonchev–Trinajstić information content (AvgIpc) is 2.87. The summed E-state index contributed by atoms with van der Waals surface area (Å²) in [7, 11) is 0. The summed E-state index contributed by atoms with van der Waals surface area (Å²) in [5, 5.41) is 20.0. The van der Waals surface area contributed by atoms with Crippen LogP contribution >= 0.6 is 0 Å². The van der Waals surface area contributed by atoms with Gasteiger partial charge in [-0.25, -0.2) is 8.78 Å². The summed E-state index contributed by atoms with van der Waals surface area (Å²) in [5.41, 5.74) is -1.18. The Morgan fingerprint density at radius 1 is 1.04 bits per heavy atom. The van der Waals surface area contributed by atoms with Crippen LogP contribution in [-0.2, 0) is 9.59 Å². The Labute approximate surface area is 160 Å². The highest BCUT2D eigenvalue weighted by molar-refractivity contribution is 6.17. The highest BCUT2D eigenvalue weighted by Gasteiger charge is 2.47. The molecule has 2 aromatic carbocycles. The summed E-state index contributed by atoms with van der Waals surface area (Å²) >= 11 is 0. The van der Waals surface area contributed by atoms with Crippen molar-refractivity contribution in [1.82, 2.24) is 0 Å². The largest absolute Gasteiger partial charge is 0.508 e. The fraction of sp³-hybridized carbons (Fsp3) is 0.238. The molecule has 1 amide bonds. The molecule has 0 aromatic heterocycles. The molecular formula is C21H19F2NO4. The van der Waals surface area contributed by atoms with Crippen molar-refractivity contribution >= 4 is 17.4 Å². The van der Waals surface area contributed by atoms with E-state index in [4.69, 9.17) is 0 Å².